The zero-order valence-corrected chi connectivity index (χ0v) is 16.6. The Labute approximate surface area is 169 Å². The van der Waals surface area contributed by atoms with Crippen molar-refractivity contribution in [2.45, 2.75) is 13.2 Å². The summed E-state index contributed by atoms with van der Waals surface area (Å²) in [4.78, 5) is 50.8. The number of nitrogens with zero attached hydrogens (tertiary/aromatic N) is 4. The average molecular weight is 418 g/mol. The number of carboxylic acid groups (broad SMARTS) is 2. The van der Waals surface area contributed by atoms with E-state index in [9.17, 15) is 19.2 Å². The maximum absolute atomic E-state index is 11.2. The summed E-state index contributed by atoms with van der Waals surface area (Å²) in [6, 6.07) is 0. The summed E-state index contributed by atoms with van der Waals surface area (Å²) in [6.45, 7) is 5.62. The lowest BCUT2D eigenvalue weighted by Gasteiger charge is -2.34. The average Bonchev–Trinajstić information content (AvgIpc) is 2.64. The molecule has 1 aliphatic heterocycles. The Hall–Kier alpha value is -2.28. The van der Waals surface area contributed by atoms with E-state index in [1.807, 2.05) is 9.80 Å². The fourth-order valence-corrected chi connectivity index (χ4v) is 3.05. The zero-order valence-electron chi connectivity index (χ0n) is 16.6. The molecule has 0 aromatic rings. The quantitative estimate of drug-likeness (QED) is 0.380. The van der Waals surface area contributed by atoms with Crippen molar-refractivity contribution >= 4 is 24.9 Å². The van der Waals surface area contributed by atoms with Gasteiger partial charge in [-0.2, -0.15) is 0 Å². The minimum absolute atomic E-state index is 0.0618. The molecule has 1 atom stereocenters. The van der Waals surface area contributed by atoms with Gasteiger partial charge >= 0.3 is 11.9 Å². The van der Waals surface area contributed by atoms with E-state index in [1.165, 1.54) is 0 Å². The number of hydrogen-bond acceptors (Lipinski definition) is 10. The van der Waals surface area contributed by atoms with Crippen molar-refractivity contribution in [2.75, 3.05) is 72.2 Å². The number of carbonyl (C=O) groups excluding carboxylic acids is 2. The number of carbonyl (C=O) groups is 4. The van der Waals surface area contributed by atoms with Crippen molar-refractivity contribution in [1.82, 2.24) is 19.6 Å². The normalized spacial score (nSPS) is 20.0. The van der Waals surface area contributed by atoms with Crippen LogP contribution in [0.15, 0.2) is 0 Å². The topological polar surface area (TPSA) is 140 Å². The molecular weight excluding hydrogens is 388 g/mol. The molecule has 1 aliphatic rings. The third kappa shape index (κ3) is 10.7. The molecule has 0 saturated carbocycles. The molecular formula is C17H30N4O8. The predicted molar refractivity (Wildman–Crippen MR) is 99.9 cm³/mol. The van der Waals surface area contributed by atoms with Gasteiger partial charge in [-0.3, -0.25) is 38.8 Å². The Morgan fingerprint density at radius 3 is 1.72 bits per heavy atom. The van der Waals surface area contributed by atoms with Crippen LogP contribution in [-0.2, 0) is 28.7 Å². The summed E-state index contributed by atoms with van der Waals surface area (Å²) in [5, 5.41) is 18.3. The monoisotopic (exact) mass is 418 g/mol. The van der Waals surface area contributed by atoms with E-state index in [2.05, 4.69) is 0 Å². The molecule has 0 aromatic carbocycles. The maximum Gasteiger partial charge on any atom is 0.317 e. The number of hydrogen-bond donors (Lipinski definition) is 2. The van der Waals surface area contributed by atoms with E-state index >= 15 is 0 Å². The third-order valence-electron chi connectivity index (χ3n) is 4.68. The van der Waals surface area contributed by atoms with E-state index in [0.29, 0.717) is 65.3 Å². The standard InChI is InChI=1S/C17H30N4O8/c1-15(29-14-23)21-8-6-19(11-17(26)27)3-2-18(10-16(24)25)4-5-20(7-9-21)12-28-13-22/h13-15H,2-12H2,1H3,(H,24,25)(H,26,27). The molecule has 2 N–H and O–H groups in total. The molecule has 0 bridgehead atoms. The fraction of sp³-hybridized carbons (Fsp3) is 0.765. The highest BCUT2D eigenvalue weighted by Gasteiger charge is 2.21. The summed E-state index contributed by atoms with van der Waals surface area (Å²) < 4.78 is 9.88. The van der Waals surface area contributed by atoms with E-state index in [1.54, 1.807) is 16.7 Å². The van der Waals surface area contributed by atoms with Gasteiger partial charge in [0, 0.05) is 52.4 Å². The van der Waals surface area contributed by atoms with Crippen LogP contribution >= 0.6 is 0 Å². The molecule has 0 spiro atoms. The largest absolute Gasteiger partial charge is 0.480 e. The van der Waals surface area contributed by atoms with Crippen molar-refractivity contribution in [3.8, 4) is 0 Å². The molecule has 12 heteroatoms. The van der Waals surface area contributed by atoms with Crippen LogP contribution in [0.5, 0.6) is 0 Å². The van der Waals surface area contributed by atoms with E-state index in [4.69, 9.17) is 19.7 Å². The molecule has 0 aromatic heterocycles. The van der Waals surface area contributed by atoms with Gasteiger partial charge in [0.15, 0.2) is 6.23 Å². The van der Waals surface area contributed by atoms with Crippen molar-refractivity contribution in [1.29, 1.82) is 0 Å². The van der Waals surface area contributed by atoms with Gasteiger partial charge in [-0.25, -0.2) is 0 Å². The van der Waals surface area contributed by atoms with E-state index in [0.717, 1.165) is 0 Å². The van der Waals surface area contributed by atoms with Gasteiger partial charge in [0.25, 0.3) is 12.9 Å². The first-order valence-electron chi connectivity index (χ1n) is 9.34. The molecule has 12 nitrogen and oxygen atoms in total. The molecule has 1 rings (SSSR count). The molecule has 1 fully saturated rings. The first kappa shape index (κ1) is 24.8. The molecule has 29 heavy (non-hydrogen) atoms. The van der Waals surface area contributed by atoms with E-state index in [-0.39, 0.29) is 19.8 Å². The highest BCUT2D eigenvalue weighted by atomic mass is 16.5. The van der Waals surface area contributed by atoms with Crippen LogP contribution in [0.25, 0.3) is 0 Å². The predicted octanol–water partition coefficient (Wildman–Crippen LogP) is -1.97. The van der Waals surface area contributed by atoms with Gasteiger partial charge in [-0.05, 0) is 6.92 Å². The van der Waals surface area contributed by atoms with Gasteiger partial charge in [0.05, 0.1) is 13.1 Å². The summed E-state index contributed by atoms with van der Waals surface area (Å²) in [5.41, 5.74) is 0. The van der Waals surface area contributed by atoms with Crippen LogP contribution < -0.4 is 0 Å². The number of rotatable bonds is 10. The summed E-state index contributed by atoms with van der Waals surface area (Å²) in [6.07, 6.45) is -0.500. The fourth-order valence-electron chi connectivity index (χ4n) is 3.05. The maximum atomic E-state index is 11.2. The molecule has 1 saturated heterocycles. The van der Waals surface area contributed by atoms with Gasteiger partial charge in [0.1, 0.15) is 6.73 Å². The Morgan fingerprint density at radius 2 is 1.28 bits per heavy atom. The summed E-state index contributed by atoms with van der Waals surface area (Å²) in [7, 11) is 0. The highest BCUT2D eigenvalue weighted by molar-refractivity contribution is 5.69. The van der Waals surface area contributed by atoms with E-state index < -0.39 is 18.2 Å². The SMILES string of the molecule is CC(OC=O)N1CCN(COC=O)CCN(CC(=O)O)CCN(CC(=O)O)CC1. The Bertz CT molecular complexity index is 536. The number of ether oxygens (including phenoxy) is 2. The minimum Gasteiger partial charge on any atom is -0.480 e. The van der Waals surface area contributed by atoms with Gasteiger partial charge in [0.2, 0.25) is 0 Å². The molecule has 1 heterocycles. The zero-order chi connectivity index (χ0) is 21.6. The lowest BCUT2D eigenvalue weighted by molar-refractivity contribution is -0.144. The number of carboxylic acids is 2. The van der Waals surface area contributed by atoms with Gasteiger partial charge in [-0.1, -0.05) is 0 Å². The van der Waals surface area contributed by atoms with Crippen molar-refractivity contribution in [2.24, 2.45) is 0 Å². The van der Waals surface area contributed by atoms with Crippen molar-refractivity contribution in [3.63, 3.8) is 0 Å². The molecule has 166 valence electrons. The Morgan fingerprint density at radius 1 is 0.828 bits per heavy atom. The van der Waals surface area contributed by atoms with Crippen LogP contribution in [0.3, 0.4) is 0 Å². The second kappa shape index (κ2) is 13.8. The van der Waals surface area contributed by atoms with Crippen LogP contribution in [0, 0.1) is 0 Å². The van der Waals surface area contributed by atoms with Crippen molar-refractivity contribution < 1.29 is 38.9 Å². The molecule has 0 aliphatic carbocycles. The highest BCUT2D eigenvalue weighted by Crippen LogP contribution is 2.05. The Balaban J connectivity index is 2.92. The van der Waals surface area contributed by atoms with Gasteiger partial charge in [-0.15, -0.1) is 0 Å². The van der Waals surface area contributed by atoms with Crippen LogP contribution in [-0.4, -0.2) is 133 Å². The first-order valence-corrected chi connectivity index (χ1v) is 9.34. The smallest absolute Gasteiger partial charge is 0.317 e. The minimum atomic E-state index is -0.970. The van der Waals surface area contributed by atoms with Crippen LogP contribution in [0.1, 0.15) is 6.92 Å². The van der Waals surface area contributed by atoms with Crippen molar-refractivity contribution in [3.05, 3.63) is 0 Å². The molecule has 0 amide bonds. The number of aliphatic carboxylic acids is 2. The summed E-state index contributed by atoms with van der Waals surface area (Å²) >= 11 is 0. The van der Waals surface area contributed by atoms with Gasteiger partial charge < -0.3 is 19.7 Å². The third-order valence-corrected chi connectivity index (χ3v) is 4.68. The Kier molecular flexibility index (Phi) is 11.8. The lowest BCUT2D eigenvalue weighted by atomic mass is 10.3. The lowest BCUT2D eigenvalue weighted by Crippen LogP contribution is -2.49. The molecule has 0 radical (unpaired) electrons. The van der Waals surface area contributed by atoms with Crippen LogP contribution in [0.4, 0.5) is 0 Å². The second-order valence-corrected chi connectivity index (χ2v) is 6.72. The second-order valence-electron chi connectivity index (χ2n) is 6.72. The first-order chi connectivity index (χ1) is 13.8. The van der Waals surface area contributed by atoms with Crippen LogP contribution in [0.2, 0.25) is 0 Å². The summed E-state index contributed by atoms with van der Waals surface area (Å²) in [5.74, 6) is -1.94. The molecule has 1 unspecified atom stereocenters.